The predicted octanol–water partition coefficient (Wildman–Crippen LogP) is 4.31. The standard InChI is InChI=1S/C14H10BrF4N/c1-20-14(13-9(16)3-2-4-10(13)17)7-5-12(19)8(15)6-11(7)18/h2-6,14,20H,1H3. The van der Waals surface area contributed by atoms with E-state index in [9.17, 15) is 17.6 Å². The molecule has 106 valence electrons. The fourth-order valence-corrected chi connectivity index (χ4v) is 2.32. The molecule has 0 spiro atoms. The number of halogens is 5. The van der Waals surface area contributed by atoms with Gasteiger partial charge in [0.25, 0.3) is 0 Å². The molecule has 0 aliphatic carbocycles. The third kappa shape index (κ3) is 2.71. The van der Waals surface area contributed by atoms with Crippen molar-refractivity contribution in [2.45, 2.75) is 6.04 Å². The van der Waals surface area contributed by atoms with Crippen molar-refractivity contribution < 1.29 is 17.6 Å². The number of rotatable bonds is 3. The van der Waals surface area contributed by atoms with Gasteiger partial charge in [-0.15, -0.1) is 0 Å². The molecule has 6 heteroatoms. The number of nitrogens with one attached hydrogen (secondary N) is 1. The number of hydrogen-bond donors (Lipinski definition) is 1. The highest BCUT2D eigenvalue weighted by Crippen LogP contribution is 2.31. The quantitative estimate of drug-likeness (QED) is 0.644. The topological polar surface area (TPSA) is 12.0 Å². The monoisotopic (exact) mass is 347 g/mol. The van der Waals surface area contributed by atoms with Crippen LogP contribution >= 0.6 is 15.9 Å². The average Bonchev–Trinajstić information content (AvgIpc) is 2.39. The van der Waals surface area contributed by atoms with Crippen molar-refractivity contribution in [1.82, 2.24) is 5.32 Å². The van der Waals surface area contributed by atoms with Gasteiger partial charge in [-0.25, -0.2) is 17.6 Å². The minimum Gasteiger partial charge on any atom is -0.309 e. The van der Waals surface area contributed by atoms with Gasteiger partial charge < -0.3 is 5.32 Å². The van der Waals surface area contributed by atoms with E-state index in [0.717, 1.165) is 24.3 Å². The van der Waals surface area contributed by atoms with Crippen molar-refractivity contribution in [2.75, 3.05) is 7.05 Å². The second-order valence-corrected chi connectivity index (χ2v) is 5.00. The molecule has 1 atom stereocenters. The summed E-state index contributed by atoms with van der Waals surface area (Å²) in [6, 6.07) is 4.05. The Morgan fingerprint density at radius 3 is 2.10 bits per heavy atom. The van der Waals surface area contributed by atoms with Crippen molar-refractivity contribution >= 4 is 15.9 Å². The van der Waals surface area contributed by atoms with E-state index in [-0.39, 0.29) is 15.6 Å². The van der Waals surface area contributed by atoms with Crippen LogP contribution in [0.2, 0.25) is 0 Å². The molecule has 2 aromatic rings. The van der Waals surface area contributed by atoms with E-state index >= 15 is 0 Å². The summed E-state index contributed by atoms with van der Waals surface area (Å²) >= 11 is 2.85. The molecule has 0 aliphatic rings. The smallest absolute Gasteiger partial charge is 0.137 e. The van der Waals surface area contributed by atoms with Gasteiger partial charge in [0.1, 0.15) is 23.3 Å². The minimum atomic E-state index is -1.13. The molecule has 0 radical (unpaired) electrons. The Labute approximate surface area is 121 Å². The van der Waals surface area contributed by atoms with Crippen LogP contribution in [0.1, 0.15) is 17.2 Å². The maximum atomic E-state index is 13.9. The van der Waals surface area contributed by atoms with Gasteiger partial charge in [0.15, 0.2) is 0 Å². The van der Waals surface area contributed by atoms with Gasteiger partial charge in [0.05, 0.1) is 10.5 Å². The van der Waals surface area contributed by atoms with Crippen LogP contribution in [-0.2, 0) is 0 Å². The second kappa shape index (κ2) is 5.93. The lowest BCUT2D eigenvalue weighted by Crippen LogP contribution is -2.22. The maximum absolute atomic E-state index is 13.9. The average molecular weight is 348 g/mol. The van der Waals surface area contributed by atoms with E-state index in [1.54, 1.807) is 0 Å². The van der Waals surface area contributed by atoms with Crippen LogP contribution in [0.25, 0.3) is 0 Å². The molecule has 0 aromatic heterocycles. The van der Waals surface area contributed by atoms with Gasteiger partial charge in [0.2, 0.25) is 0 Å². The van der Waals surface area contributed by atoms with Gasteiger partial charge in [-0.1, -0.05) is 6.07 Å². The SMILES string of the molecule is CNC(c1cc(F)c(Br)cc1F)c1c(F)cccc1F. The van der Waals surface area contributed by atoms with Crippen LogP contribution in [0, 0.1) is 23.3 Å². The molecule has 0 saturated heterocycles. The molecular weight excluding hydrogens is 338 g/mol. The molecular formula is C14H10BrF4N. The van der Waals surface area contributed by atoms with Crippen LogP contribution in [0.4, 0.5) is 17.6 Å². The van der Waals surface area contributed by atoms with Gasteiger partial charge in [0, 0.05) is 11.1 Å². The lowest BCUT2D eigenvalue weighted by molar-refractivity contribution is 0.503. The molecule has 1 N–H and O–H groups in total. The van der Waals surface area contributed by atoms with E-state index in [1.165, 1.54) is 13.1 Å². The summed E-state index contributed by atoms with van der Waals surface area (Å²) in [6.45, 7) is 0. The summed E-state index contributed by atoms with van der Waals surface area (Å²) in [5, 5.41) is 2.60. The Morgan fingerprint density at radius 1 is 0.950 bits per heavy atom. The summed E-state index contributed by atoms with van der Waals surface area (Å²) in [4.78, 5) is 0. The highest BCUT2D eigenvalue weighted by molar-refractivity contribution is 9.10. The highest BCUT2D eigenvalue weighted by Gasteiger charge is 2.24. The summed E-state index contributed by atoms with van der Waals surface area (Å²) < 4.78 is 55.0. The Hall–Kier alpha value is -1.40. The maximum Gasteiger partial charge on any atom is 0.137 e. The van der Waals surface area contributed by atoms with Crippen LogP contribution in [0.5, 0.6) is 0 Å². The fourth-order valence-electron chi connectivity index (χ4n) is 2.00. The lowest BCUT2D eigenvalue weighted by Gasteiger charge is -2.19. The number of hydrogen-bond acceptors (Lipinski definition) is 1. The second-order valence-electron chi connectivity index (χ2n) is 4.14. The third-order valence-corrected chi connectivity index (χ3v) is 3.54. The van der Waals surface area contributed by atoms with E-state index in [0.29, 0.717) is 0 Å². The van der Waals surface area contributed by atoms with E-state index in [1.807, 2.05) is 0 Å². The predicted molar refractivity (Wildman–Crippen MR) is 71.3 cm³/mol. The van der Waals surface area contributed by atoms with Crippen LogP contribution in [-0.4, -0.2) is 7.05 Å². The van der Waals surface area contributed by atoms with Crippen molar-refractivity contribution in [2.24, 2.45) is 0 Å². The molecule has 2 rings (SSSR count). The first kappa shape index (κ1) is 15.0. The molecule has 1 unspecified atom stereocenters. The molecule has 0 bridgehead atoms. The first-order valence-electron chi connectivity index (χ1n) is 5.71. The zero-order valence-electron chi connectivity index (χ0n) is 10.4. The normalized spacial score (nSPS) is 12.5. The lowest BCUT2D eigenvalue weighted by atomic mass is 9.97. The summed E-state index contributed by atoms with van der Waals surface area (Å²) in [6.07, 6.45) is 0. The number of benzene rings is 2. The Morgan fingerprint density at radius 2 is 1.55 bits per heavy atom. The van der Waals surface area contributed by atoms with Crippen molar-refractivity contribution in [3.05, 3.63) is 69.2 Å². The van der Waals surface area contributed by atoms with Crippen molar-refractivity contribution in [3.8, 4) is 0 Å². The molecule has 2 aromatic carbocycles. The van der Waals surface area contributed by atoms with Crippen LogP contribution in [0.15, 0.2) is 34.8 Å². The fraction of sp³-hybridized carbons (Fsp3) is 0.143. The molecule has 0 saturated carbocycles. The Bertz CT molecular complexity index is 625. The van der Waals surface area contributed by atoms with Crippen LogP contribution < -0.4 is 5.32 Å². The molecule has 1 nitrogen and oxygen atoms in total. The molecule has 0 fully saturated rings. The highest BCUT2D eigenvalue weighted by atomic mass is 79.9. The van der Waals surface area contributed by atoms with Crippen molar-refractivity contribution in [1.29, 1.82) is 0 Å². The minimum absolute atomic E-state index is 0.0531. The third-order valence-electron chi connectivity index (χ3n) is 2.93. The van der Waals surface area contributed by atoms with Gasteiger partial charge >= 0.3 is 0 Å². The first-order valence-corrected chi connectivity index (χ1v) is 6.50. The summed E-state index contributed by atoms with van der Waals surface area (Å²) in [5.74, 6) is -3.13. The first-order chi connectivity index (χ1) is 9.45. The van der Waals surface area contributed by atoms with Gasteiger partial charge in [-0.05, 0) is 47.2 Å². The van der Waals surface area contributed by atoms with Crippen molar-refractivity contribution in [3.63, 3.8) is 0 Å². The van der Waals surface area contributed by atoms with E-state index < -0.39 is 29.3 Å². The van der Waals surface area contributed by atoms with Crippen LogP contribution in [0.3, 0.4) is 0 Å². The Balaban J connectivity index is 2.62. The molecule has 0 heterocycles. The molecule has 0 amide bonds. The summed E-state index contributed by atoms with van der Waals surface area (Å²) in [7, 11) is 1.41. The zero-order chi connectivity index (χ0) is 14.9. The van der Waals surface area contributed by atoms with E-state index in [2.05, 4.69) is 21.2 Å². The van der Waals surface area contributed by atoms with Gasteiger partial charge in [-0.2, -0.15) is 0 Å². The van der Waals surface area contributed by atoms with E-state index in [4.69, 9.17) is 0 Å². The van der Waals surface area contributed by atoms with Gasteiger partial charge in [-0.3, -0.25) is 0 Å². The Kier molecular flexibility index (Phi) is 4.45. The molecule has 20 heavy (non-hydrogen) atoms. The zero-order valence-corrected chi connectivity index (χ0v) is 11.9. The summed E-state index contributed by atoms with van der Waals surface area (Å²) in [5.41, 5.74) is -0.521. The molecule has 0 aliphatic heterocycles. The largest absolute Gasteiger partial charge is 0.309 e.